The Bertz CT molecular complexity index is 484. The number of nitrogens with one attached hydrogen (secondary N) is 2. The molecule has 1 atom stereocenters. The first-order valence-corrected chi connectivity index (χ1v) is 7.32. The summed E-state index contributed by atoms with van der Waals surface area (Å²) in [5.74, 6) is 1.00. The number of rotatable bonds is 8. The normalized spacial score (nSPS) is 11.3. The van der Waals surface area contributed by atoms with Crippen molar-refractivity contribution in [1.29, 1.82) is 0 Å². The average Bonchev–Trinajstić information content (AvgIpc) is 2.47. The van der Waals surface area contributed by atoms with Crippen molar-refractivity contribution >= 4 is 29.9 Å². The van der Waals surface area contributed by atoms with Crippen LogP contribution in [0.5, 0.6) is 11.5 Å². The molecule has 1 amide bonds. The van der Waals surface area contributed by atoms with E-state index in [9.17, 15) is 4.79 Å². The molecule has 0 aliphatic heterocycles. The third-order valence-electron chi connectivity index (χ3n) is 3.00. The molecule has 1 unspecified atom stereocenters. The van der Waals surface area contributed by atoms with Crippen LogP contribution in [0, 0.1) is 5.92 Å². The third-order valence-corrected chi connectivity index (χ3v) is 3.28. The van der Waals surface area contributed by atoms with E-state index in [1.165, 1.54) is 0 Å². The first kappa shape index (κ1) is 20.8. The first-order chi connectivity index (χ1) is 10.0. The van der Waals surface area contributed by atoms with Gasteiger partial charge in [0.05, 0.1) is 18.7 Å². The van der Waals surface area contributed by atoms with E-state index in [0.29, 0.717) is 36.2 Å². The number of methoxy groups -OCH3 is 1. The summed E-state index contributed by atoms with van der Waals surface area (Å²) in [6.07, 6.45) is 0. The van der Waals surface area contributed by atoms with Crippen molar-refractivity contribution in [2.45, 2.75) is 20.4 Å². The number of amides is 1. The van der Waals surface area contributed by atoms with Crippen molar-refractivity contribution in [2.75, 3.05) is 27.3 Å². The van der Waals surface area contributed by atoms with Crippen LogP contribution in [-0.4, -0.2) is 33.2 Å². The van der Waals surface area contributed by atoms with Gasteiger partial charge in [-0.2, -0.15) is 0 Å². The molecule has 0 spiro atoms. The number of carbonyl (C=O) groups is 1. The zero-order chi connectivity index (χ0) is 15.8. The third kappa shape index (κ3) is 5.91. The van der Waals surface area contributed by atoms with E-state index in [0.717, 1.165) is 5.56 Å². The van der Waals surface area contributed by atoms with Gasteiger partial charge in [-0.1, -0.05) is 18.5 Å². The van der Waals surface area contributed by atoms with Gasteiger partial charge in [0.1, 0.15) is 0 Å². The number of hydrogen-bond acceptors (Lipinski definition) is 4. The van der Waals surface area contributed by atoms with Gasteiger partial charge in [0.2, 0.25) is 5.91 Å². The van der Waals surface area contributed by atoms with E-state index in [2.05, 4.69) is 10.6 Å². The second-order valence-electron chi connectivity index (χ2n) is 4.72. The van der Waals surface area contributed by atoms with Crippen LogP contribution in [0.15, 0.2) is 12.1 Å². The van der Waals surface area contributed by atoms with Gasteiger partial charge < -0.3 is 20.1 Å². The van der Waals surface area contributed by atoms with E-state index >= 15 is 0 Å². The quantitative estimate of drug-likeness (QED) is 0.756. The monoisotopic (exact) mass is 350 g/mol. The molecule has 0 fully saturated rings. The summed E-state index contributed by atoms with van der Waals surface area (Å²) in [6.45, 7) is 5.30. The van der Waals surface area contributed by atoms with Crippen LogP contribution >= 0.6 is 24.0 Å². The minimum absolute atomic E-state index is 0. The fourth-order valence-corrected chi connectivity index (χ4v) is 2.21. The van der Waals surface area contributed by atoms with E-state index in [4.69, 9.17) is 21.1 Å². The molecule has 0 radical (unpaired) electrons. The van der Waals surface area contributed by atoms with Gasteiger partial charge in [0.15, 0.2) is 11.5 Å². The number of halogens is 2. The highest BCUT2D eigenvalue weighted by atomic mass is 35.5. The van der Waals surface area contributed by atoms with Gasteiger partial charge in [-0.25, -0.2) is 0 Å². The van der Waals surface area contributed by atoms with Crippen molar-refractivity contribution < 1.29 is 14.3 Å². The van der Waals surface area contributed by atoms with Crippen molar-refractivity contribution in [3.63, 3.8) is 0 Å². The zero-order valence-electron chi connectivity index (χ0n) is 13.4. The molecule has 0 bridgehead atoms. The Kier molecular flexibility index (Phi) is 9.98. The van der Waals surface area contributed by atoms with Gasteiger partial charge in [-0.15, -0.1) is 12.4 Å². The molecule has 0 aromatic heterocycles. The lowest BCUT2D eigenvalue weighted by atomic mass is 10.1. The predicted molar refractivity (Wildman–Crippen MR) is 91.4 cm³/mol. The SMILES string of the molecule is CCOc1c(Cl)cc(CNC(=O)C(C)CNC)cc1OC.Cl. The van der Waals surface area contributed by atoms with E-state index in [-0.39, 0.29) is 24.2 Å². The molecule has 1 rings (SSSR count). The molecule has 1 aromatic rings. The maximum atomic E-state index is 11.9. The van der Waals surface area contributed by atoms with Crippen LogP contribution in [0.25, 0.3) is 0 Å². The lowest BCUT2D eigenvalue weighted by Crippen LogP contribution is -2.33. The summed E-state index contributed by atoms with van der Waals surface area (Å²) in [6, 6.07) is 3.60. The zero-order valence-corrected chi connectivity index (χ0v) is 14.9. The Morgan fingerprint density at radius 1 is 1.41 bits per heavy atom. The van der Waals surface area contributed by atoms with E-state index in [1.807, 2.05) is 27.0 Å². The predicted octanol–water partition coefficient (Wildman–Crippen LogP) is 2.64. The summed E-state index contributed by atoms with van der Waals surface area (Å²) in [5, 5.41) is 6.33. The van der Waals surface area contributed by atoms with E-state index in [1.54, 1.807) is 13.2 Å². The molecule has 0 saturated heterocycles. The molecule has 0 heterocycles. The van der Waals surface area contributed by atoms with Crippen molar-refractivity contribution in [3.8, 4) is 11.5 Å². The van der Waals surface area contributed by atoms with E-state index < -0.39 is 0 Å². The second kappa shape index (κ2) is 10.5. The maximum Gasteiger partial charge on any atom is 0.224 e. The minimum Gasteiger partial charge on any atom is -0.493 e. The van der Waals surface area contributed by atoms with Crippen LogP contribution in [0.2, 0.25) is 5.02 Å². The number of benzene rings is 1. The fraction of sp³-hybridized carbons (Fsp3) is 0.533. The van der Waals surface area contributed by atoms with Crippen LogP contribution in [0.3, 0.4) is 0 Å². The Hall–Kier alpha value is -1.17. The summed E-state index contributed by atoms with van der Waals surface area (Å²) in [7, 11) is 3.38. The molecule has 5 nitrogen and oxygen atoms in total. The Labute approximate surface area is 143 Å². The molecule has 126 valence electrons. The summed E-state index contributed by atoms with van der Waals surface area (Å²) in [5.41, 5.74) is 0.866. The van der Waals surface area contributed by atoms with Gasteiger partial charge >= 0.3 is 0 Å². The minimum atomic E-state index is -0.0879. The highest BCUT2D eigenvalue weighted by Crippen LogP contribution is 2.36. The highest BCUT2D eigenvalue weighted by molar-refractivity contribution is 6.32. The lowest BCUT2D eigenvalue weighted by molar-refractivity contribution is -0.124. The molecular formula is C15H24Cl2N2O3. The largest absolute Gasteiger partial charge is 0.493 e. The summed E-state index contributed by atoms with van der Waals surface area (Å²) in [4.78, 5) is 11.9. The summed E-state index contributed by atoms with van der Waals surface area (Å²) >= 11 is 6.19. The standard InChI is InChI=1S/C15H23ClN2O3.ClH/c1-5-21-14-12(16)6-11(7-13(14)20-4)9-18-15(19)10(2)8-17-3;/h6-7,10,17H,5,8-9H2,1-4H3,(H,18,19);1H. The topological polar surface area (TPSA) is 59.6 Å². The Morgan fingerprint density at radius 2 is 2.09 bits per heavy atom. The van der Waals surface area contributed by atoms with Gasteiger partial charge in [0, 0.05) is 19.0 Å². The van der Waals surface area contributed by atoms with Crippen molar-refractivity contribution in [3.05, 3.63) is 22.7 Å². The molecule has 2 N–H and O–H groups in total. The Balaban J connectivity index is 0.00000441. The molecule has 0 aliphatic rings. The maximum absolute atomic E-state index is 11.9. The number of carbonyl (C=O) groups excluding carboxylic acids is 1. The average molecular weight is 351 g/mol. The van der Waals surface area contributed by atoms with Crippen LogP contribution in [-0.2, 0) is 11.3 Å². The lowest BCUT2D eigenvalue weighted by Gasteiger charge is -2.15. The van der Waals surface area contributed by atoms with Gasteiger partial charge in [-0.3, -0.25) is 4.79 Å². The van der Waals surface area contributed by atoms with Crippen LogP contribution in [0.4, 0.5) is 0 Å². The number of ether oxygens (including phenoxy) is 2. The first-order valence-electron chi connectivity index (χ1n) is 6.95. The second-order valence-corrected chi connectivity index (χ2v) is 5.13. The van der Waals surface area contributed by atoms with Crippen LogP contribution < -0.4 is 20.1 Å². The number of hydrogen-bond donors (Lipinski definition) is 2. The summed E-state index contributed by atoms with van der Waals surface area (Å²) < 4.78 is 10.7. The highest BCUT2D eigenvalue weighted by Gasteiger charge is 2.14. The van der Waals surface area contributed by atoms with Gasteiger partial charge in [-0.05, 0) is 31.7 Å². The van der Waals surface area contributed by atoms with Crippen molar-refractivity contribution in [1.82, 2.24) is 10.6 Å². The molecule has 0 saturated carbocycles. The molecule has 7 heteroatoms. The Morgan fingerprint density at radius 3 is 2.64 bits per heavy atom. The smallest absolute Gasteiger partial charge is 0.224 e. The van der Waals surface area contributed by atoms with Crippen LogP contribution in [0.1, 0.15) is 19.4 Å². The molecule has 0 aliphatic carbocycles. The fourth-order valence-electron chi connectivity index (χ4n) is 1.92. The van der Waals surface area contributed by atoms with Gasteiger partial charge in [0.25, 0.3) is 0 Å². The molecule has 22 heavy (non-hydrogen) atoms. The molecule has 1 aromatic carbocycles. The van der Waals surface area contributed by atoms with Crippen molar-refractivity contribution in [2.24, 2.45) is 5.92 Å². The molecular weight excluding hydrogens is 327 g/mol.